The lowest BCUT2D eigenvalue weighted by molar-refractivity contribution is 0.263. The van der Waals surface area contributed by atoms with Crippen LogP contribution in [0, 0.1) is 6.92 Å². The fraction of sp³-hybridized carbons (Fsp3) is 0.176. The summed E-state index contributed by atoms with van der Waals surface area (Å²) in [4.78, 5) is 0. The number of hydrogen-bond donors (Lipinski definition) is 1. The van der Waals surface area contributed by atoms with Crippen LogP contribution in [0.15, 0.2) is 54.6 Å². The Morgan fingerprint density at radius 1 is 1.05 bits per heavy atom. The third kappa shape index (κ3) is 2.99. The van der Waals surface area contributed by atoms with Crippen molar-refractivity contribution in [1.82, 2.24) is 15.0 Å². The number of nitrogens with zero attached hydrogens (tertiary/aromatic N) is 3. The molecule has 5 nitrogen and oxygen atoms in total. The molecule has 1 N–H and O–H groups in total. The van der Waals surface area contributed by atoms with E-state index in [9.17, 15) is 5.11 Å². The van der Waals surface area contributed by atoms with Crippen molar-refractivity contribution in [3.05, 3.63) is 71.5 Å². The summed E-state index contributed by atoms with van der Waals surface area (Å²) < 4.78 is 7.47. The standard InChI is InChI=1S/C17H17N3O2/c1-13-7-9-14(10-8-13)20-17(16(11-21)18-19-20)12-22-15-5-3-2-4-6-15/h2-10,21H,11-12H2,1H3. The van der Waals surface area contributed by atoms with Crippen molar-refractivity contribution in [2.75, 3.05) is 0 Å². The molecule has 112 valence electrons. The molecular formula is C17H17N3O2. The molecule has 2 aromatic carbocycles. The molecule has 3 aromatic rings. The maximum absolute atomic E-state index is 9.45. The molecule has 0 radical (unpaired) electrons. The van der Waals surface area contributed by atoms with Crippen molar-refractivity contribution < 1.29 is 9.84 Å². The van der Waals surface area contributed by atoms with E-state index in [1.807, 2.05) is 61.5 Å². The zero-order valence-corrected chi connectivity index (χ0v) is 12.3. The van der Waals surface area contributed by atoms with Crippen LogP contribution >= 0.6 is 0 Å². The van der Waals surface area contributed by atoms with E-state index in [1.54, 1.807) is 4.68 Å². The number of benzene rings is 2. The van der Waals surface area contributed by atoms with Gasteiger partial charge >= 0.3 is 0 Å². The third-order valence-corrected chi connectivity index (χ3v) is 3.39. The van der Waals surface area contributed by atoms with E-state index in [1.165, 1.54) is 5.56 Å². The number of para-hydroxylation sites is 1. The Morgan fingerprint density at radius 3 is 2.45 bits per heavy atom. The summed E-state index contributed by atoms with van der Waals surface area (Å²) in [6, 6.07) is 17.5. The molecule has 0 amide bonds. The molecule has 0 saturated heterocycles. The number of aromatic nitrogens is 3. The van der Waals surface area contributed by atoms with Gasteiger partial charge in [-0.15, -0.1) is 5.10 Å². The van der Waals surface area contributed by atoms with Gasteiger partial charge < -0.3 is 9.84 Å². The van der Waals surface area contributed by atoms with Crippen LogP contribution in [-0.4, -0.2) is 20.1 Å². The van der Waals surface area contributed by atoms with Crippen molar-refractivity contribution >= 4 is 0 Å². The van der Waals surface area contributed by atoms with E-state index in [-0.39, 0.29) is 6.61 Å². The van der Waals surface area contributed by atoms with Crippen molar-refractivity contribution in [3.8, 4) is 11.4 Å². The van der Waals surface area contributed by atoms with E-state index in [0.717, 1.165) is 17.1 Å². The highest BCUT2D eigenvalue weighted by Gasteiger charge is 2.14. The largest absolute Gasteiger partial charge is 0.487 e. The van der Waals surface area contributed by atoms with Crippen LogP contribution in [0.5, 0.6) is 5.75 Å². The van der Waals surface area contributed by atoms with Gasteiger partial charge in [0.05, 0.1) is 12.3 Å². The van der Waals surface area contributed by atoms with Crippen LogP contribution in [0.3, 0.4) is 0 Å². The normalized spacial score (nSPS) is 10.6. The Kier molecular flexibility index (Phi) is 4.16. The predicted molar refractivity (Wildman–Crippen MR) is 82.8 cm³/mol. The van der Waals surface area contributed by atoms with E-state index in [0.29, 0.717) is 12.3 Å². The number of rotatable bonds is 5. The topological polar surface area (TPSA) is 60.2 Å². The first-order valence-electron chi connectivity index (χ1n) is 7.07. The summed E-state index contributed by atoms with van der Waals surface area (Å²) in [5.74, 6) is 0.767. The Balaban J connectivity index is 1.88. The minimum atomic E-state index is -0.167. The summed E-state index contributed by atoms with van der Waals surface area (Å²) in [5, 5.41) is 17.6. The minimum Gasteiger partial charge on any atom is -0.487 e. The lowest BCUT2D eigenvalue weighted by Crippen LogP contribution is -2.07. The van der Waals surface area contributed by atoms with Crippen molar-refractivity contribution in [3.63, 3.8) is 0 Å². The summed E-state index contributed by atoms with van der Waals surface area (Å²) in [5.41, 5.74) is 3.34. The number of aliphatic hydroxyl groups is 1. The quantitative estimate of drug-likeness (QED) is 0.786. The second kappa shape index (κ2) is 6.41. The first kappa shape index (κ1) is 14.3. The van der Waals surface area contributed by atoms with Gasteiger partial charge in [-0.05, 0) is 31.2 Å². The monoisotopic (exact) mass is 295 g/mol. The van der Waals surface area contributed by atoms with E-state index in [2.05, 4.69) is 10.3 Å². The maximum Gasteiger partial charge on any atom is 0.132 e. The summed E-state index contributed by atoms with van der Waals surface area (Å²) in [7, 11) is 0. The molecule has 0 aliphatic carbocycles. The van der Waals surface area contributed by atoms with Gasteiger partial charge in [0.1, 0.15) is 23.7 Å². The molecule has 0 bridgehead atoms. The molecule has 22 heavy (non-hydrogen) atoms. The van der Waals surface area contributed by atoms with Crippen LogP contribution in [0.25, 0.3) is 5.69 Å². The third-order valence-electron chi connectivity index (χ3n) is 3.39. The lowest BCUT2D eigenvalue weighted by Gasteiger charge is -2.09. The van der Waals surface area contributed by atoms with Gasteiger partial charge in [0.2, 0.25) is 0 Å². The van der Waals surface area contributed by atoms with Gasteiger partial charge in [-0.3, -0.25) is 0 Å². The van der Waals surface area contributed by atoms with Crippen molar-refractivity contribution in [2.45, 2.75) is 20.1 Å². The Bertz CT molecular complexity index is 736. The fourth-order valence-corrected chi connectivity index (χ4v) is 2.16. The van der Waals surface area contributed by atoms with Crippen molar-refractivity contribution in [1.29, 1.82) is 0 Å². The zero-order chi connectivity index (χ0) is 15.4. The average molecular weight is 295 g/mol. The lowest BCUT2D eigenvalue weighted by atomic mass is 10.2. The molecule has 1 aromatic heterocycles. The highest BCUT2D eigenvalue weighted by Crippen LogP contribution is 2.17. The van der Waals surface area contributed by atoms with Gasteiger partial charge in [0.15, 0.2) is 0 Å². The summed E-state index contributed by atoms with van der Waals surface area (Å²) >= 11 is 0. The van der Waals surface area contributed by atoms with Gasteiger partial charge in [-0.2, -0.15) is 0 Å². The molecule has 0 fully saturated rings. The Labute approximate surface area is 128 Å². The molecule has 5 heteroatoms. The van der Waals surface area contributed by atoms with Crippen LogP contribution in [0.4, 0.5) is 0 Å². The van der Waals surface area contributed by atoms with E-state index >= 15 is 0 Å². The van der Waals surface area contributed by atoms with Crippen LogP contribution in [0.1, 0.15) is 17.0 Å². The predicted octanol–water partition coefficient (Wildman–Crippen LogP) is 2.65. The van der Waals surface area contributed by atoms with Crippen LogP contribution in [-0.2, 0) is 13.2 Å². The van der Waals surface area contributed by atoms with Gasteiger partial charge in [-0.25, -0.2) is 4.68 Å². The van der Waals surface area contributed by atoms with Crippen LogP contribution in [0.2, 0.25) is 0 Å². The first-order chi connectivity index (χ1) is 10.8. The molecule has 0 spiro atoms. The molecule has 0 aliphatic rings. The smallest absolute Gasteiger partial charge is 0.132 e. The minimum absolute atomic E-state index is 0.167. The highest BCUT2D eigenvalue weighted by atomic mass is 16.5. The molecule has 3 rings (SSSR count). The molecule has 0 unspecified atom stereocenters. The van der Waals surface area contributed by atoms with Gasteiger partial charge in [0, 0.05) is 0 Å². The average Bonchev–Trinajstić information content (AvgIpc) is 2.97. The second-order valence-corrected chi connectivity index (χ2v) is 4.99. The Hall–Kier alpha value is -2.66. The number of hydrogen-bond acceptors (Lipinski definition) is 4. The SMILES string of the molecule is Cc1ccc(-n2nnc(CO)c2COc2ccccc2)cc1. The number of ether oxygens (including phenoxy) is 1. The maximum atomic E-state index is 9.45. The molecule has 0 atom stereocenters. The molecule has 1 heterocycles. The number of aryl methyl sites for hydroxylation is 1. The molecule has 0 saturated carbocycles. The molecular weight excluding hydrogens is 278 g/mol. The van der Waals surface area contributed by atoms with Crippen LogP contribution < -0.4 is 4.74 Å². The van der Waals surface area contributed by atoms with Gasteiger partial charge in [-0.1, -0.05) is 41.1 Å². The summed E-state index contributed by atoms with van der Waals surface area (Å²) in [6.45, 7) is 2.16. The zero-order valence-electron chi connectivity index (χ0n) is 12.3. The Morgan fingerprint density at radius 2 is 1.77 bits per heavy atom. The fourth-order valence-electron chi connectivity index (χ4n) is 2.16. The first-order valence-corrected chi connectivity index (χ1v) is 7.07. The van der Waals surface area contributed by atoms with E-state index in [4.69, 9.17) is 4.74 Å². The van der Waals surface area contributed by atoms with E-state index < -0.39 is 0 Å². The second-order valence-electron chi connectivity index (χ2n) is 4.99. The number of aliphatic hydroxyl groups excluding tert-OH is 1. The highest BCUT2D eigenvalue weighted by molar-refractivity contribution is 5.35. The van der Waals surface area contributed by atoms with Gasteiger partial charge in [0.25, 0.3) is 0 Å². The molecule has 0 aliphatic heterocycles. The van der Waals surface area contributed by atoms with Crippen molar-refractivity contribution in [2.24, 2.45) is 0 Å². The summed E-state index contributed by atoms with van der Waals surface area (Å²) in [6.07, 6.45) is 0.